The lowest BCUT2D eigenvalue weighted by molar-refractivity contribution is -0.141. The number of cyclic esters (lactones) is 1. The van der Waals surface area contributed by atoms with E-state index in [1.807, 2.05) is 12.1 Å². The van der Waals surface area contributed by atoms with Gasteiger partial charge in [-0.15, -0.1) is 0 Å². The van der Waals surface area contributed by atoms with Crippen LogP contribution in [0.15, 0.2) is 35.1 Å². The van der Waals surface area contributed by atoms with Gasteiger partial charge >= 0.3 is 5.97 Å². The second-order valence-electron chi connectivity index (χ2n) is 7.98. The zero-order chi connectivity index (χ0) is 21.0. The predicted molar refractivity (Wildman–Crippen MR) is 103 cm³/mol. The first kappa shape index (κ1) is 19.4. The van der Waals surface area contributed by atoms with Gasteiger partial charge in [-0.2, -0.15) is 0 Å². The molecule has 2 aliphatic carbocycles. The van der Waals surface area contributed by atoms with Crippen molar-refractivity contribution in [3.8, 4) is 11.5 Å². The topological polar surface area (TPSA) is 104 Å². The van der Waals surface area contributed by atoms with Crippen molar-refractivity contribution in [3.05, 3.63) is 46.2 Å². The molecule has 1 fully saturated rings. The molecule has 2 aliphatic heterocycles. The maximum absolute atomic E-state index is 12.7. The van der Waals surface area contributed by atoms with Crippen LogP contribution in [-0.2, 0) is 19.0 Å². The number of hydrogen-bond acceptors (Lipinski definition) is 8. The number of esters is 1. The van der Waals surface area contributed by atoms with Crippen LogP contribution in [0.1, 0.15) is 29.6 Å². The van der Waals surface area contributed by atoms with E-state index in [2.05, 4.69) is 0 Å². The number of carbonyl (C=O) groups is 1. The first-order chi connectivity index (χ1) is 14.6. The van der Waals surface area contributed by atoms with E-state index in [0.717, 1.165) is 11.1 Å². The first-order valence-corrected chi connectivity index (χ1v) is 9.96. The molecule has 1 unspecified atom stereocenters. The van der Waals surface area contributed by atoms with E-state index in [-0.39, 0.29) is 43.9 Å². The van der Waals surface area contributed by atoms with E-state index in [9.17, 15) is 15.0 Å². The number of benzene rings is 1. The lowest BCUT2D eigenvalue weighted by Crippen LogP contribution is -2.36. The fourth-order valence-corrected chi connectivity index (χ4v) is 5.24. The molecule has 0 amide bonds. The summed E-state index contributed by atoms with van der Waals surface area (Å²) in [5.41, 5.74) is 3.06. The third-order valence-electron chi connectivity index (χ3n) is 6.61. The van der Waals surface area contributed by atoms with Crippen LogP contribution < -0.4 is 9.47 Å². The molecule has 8 heteroatoms. The summed E-state index contributed by atoms with van der Waals surface area (Å²) in [6.07, 6.45) is 1.16. The van der Waals surface area contributed by atoms with Crippen molar-refractivity contribution in [3.63, 3.8) is 0 Å². The molecular formula is C22H24O8. The average Bonchev–Trinajstić information content (AvgIpc) is 3.38. The van der Waals surface area contributed by atoms with E-state index in [1.54, 1.807) is 20.3 Å². The molecule has 2 heterocycles. The van der Waals surface area contributed by atoms with E-state index < -0.39 is 12.0 Å². The highest BCUT2D eigenvalue weighted by Gasteiger charge is 2.53. The van der Waals surface area contributed by atoms with Crippen molar-refractivity contribution in [2.45, 2.75) is 24.5 Å². The summed E-state index contributed by atoms with van der Waals surface area (Å²) in [5, 5.41) is 21.0. The predicted octanol–water partition coefficient (Wildman–Crippen LogP) is 1.57. The van der Waals surface area contributed by atoms with E-state index in [4.69, 9.17) is 23.7 Å². The smallest absolute Gasteiger partial charge is 0.310 e. The standard InChI is InChI=1S/C22H24O8/c1-26-17-4-10(3-11(7-23)21(17)27-2)18-12-5-15-16(30-9-29-15)6-13(12)20(24)14-8-28-22(25)19(14)18/h3,5-6,14,17-20,23-24H,4,7-9H2,1-2H3/t14-,17?,18-,19+,20+/m1/s1. The van der Waals surface area contributed by atoms with E-state index in [0.29, 0.717) is 34.8 Å². The third-order valence-corrected chi connectivity index (χ3v) is 6.61. The molecule has 160 valence electrons. The maximum atomic E-state index is 12.7. The zero-order valence-corrected chi connectivity index (χ0v) is 16.8. The Morgan fingerprint density at radius 1 is 1.13 bits per heavy atom. The Labute approximate surface area is 173 Å². The second kappa shape index (κ2) is 7.30. The normalized spacial score (nSPS) is 31.8. The van der Waals surface area contributed by atoms with E-state index in [1.165, 1.54) is 0 Å². The number of rotatable bonds is 4. The van der Waals surface area contributed by atoms with Crippen LogP contribution in [-0.4, -0.2) is 56.5 Å². The van der Waals surface area contributed by atoms with Crippen molar-refractivity contribution >= 4 is 5.97 Å². The highest BCUT2D eigenvalue weighted by atomic mass is 16.7. The molecule has 5 atom stereocenters. The van der Waals surface area contributed by atoms with Gasteiger partial charge in [0.05, 0.1) is 32.3 Å². The van der Waals surface area contributed by atoms with Crippen molar-refractivity contribution in [1.82, 2.24) is 0 Å². The van der Waals surface area contributed by atoms with Crippen molar-refractivity contribution < 1.29 is 38.7 Å². The number of methoxy groups -OCH3 is 2. The van der Waals surface area contributed by atoms with Gasteiger partial charge in [-0.1, -0.05) is 11.6 Å². The number of fused-ring (bicyclic) bond motifs is 3. The Hall–Kier alpha value is -2.55. The Balaban J connectivity index is 1.68. The van der Waals surface area contributed by atoms with Gasteiger partial charge in [0.1, 0.15) is 11.9 Å². The van der Waals surface area contributed by atoms with Gasteiger partial charge in [0.15, 0.2) is 11.5 Å². The van der Waals surface area contributed by atoms with Crippen LogP contribution in [0.2, 0.25) is 0 Å². The quantitative estimate of drug-likeness (QED) is 0.713. The minimum atomic E-state index is -0.841. The number of aliphatic hydroxyl groups is 2. The monoisotopic (exact) mass is 416 g/mol. The summed E-state index contributed by atoms with van der Waals surface area (Å²) in [6, 6.07) is 3.65. The minimum Gasteiger partial charge on any atom is -0.498 e. The SMILES string of the molecule is COC1=C(CO)C=C([C@@H]2c3cc4c(cc3[C@H](O)[C@@H]3COC(=O)[C@@H]32)OCO4)CC1OC. The third kappa shape index (κ3) is 2.74. The number of carbonyl (C=O) groups excluding carboxylic acids is 1. The average molecular weight is 416 g/mol. The van der Waals surface area contributed by atoms with Crippen LogP contribution in [0, 0.1) is 11.8 Å². The molecule has 5 rings (SSSR count). The molecule has 1 aromatic rings. The molecule has 2 N–H and O–H groups in total. The minimum absolute atomic E-state index is 0.122. The van der Waals surface area contributed by atoms with Crippen LogP contribution in [0.4, 0.5) is 0 Å². The van der Waals surface area contributed by atoms with Crippen molar-refractivity contribution in [2.75, 3.05) is 34.2 Å². The second-order valence-corrected chi connectivity index (χ2v) is 7.98. The zero-order valence-electron chi connectivity index (χ0n) is 16.8. The molecule has 0 aromatic heterocycles. The summed E-state index contributed by atoms with van der Waals surface area (Å²) in [4.78, 5) is 12.7. The molecule has 0 radical (unpaired) electrons. The van der Waals surface area contributed by atoms with Gasteiger partial charge in [0.2, 0.25) is 6.79 Å². The maximum Gasteiger partial charge on any atom is 0.310 e. The summed E-state index contributed by atoms with van der Waals surface area (Å²) in [6.45, 7) is 0.0768. The van der Waals surface area contributed by atoms with Crippen molar-refractivity contribution in [2.24, 2.45) is 11.8 Å². The Bertz CT molecular complexity index is 949. The van der Waals surface area contributed by atoms with Gasteiger partial charge in [0, 0.05) is 30.9 Å². The lowest BCUT2D eigenvalue weighted by Gasteiger charge is -2.39. The first-order valence-electron chi connectivity index (χ1n) is 9.96. The summed E-state index contributed by atoms with van der Waals surface area (Å²) in [5.74, 6) is 0.204. The molecule has 0 bridgehead atoms. The molecule has 30 heavy (non-hydrogen) atoms. The molecule has 1 aromatic carbocycles. The van der Waals surface area contributed by atoms with Gasteiger partial charge in [-0.25, -0.2) is 0 Å². The number of hydrogen-bond donors (Lipinski definition) is 2. The summed E-state index contributed by atoms with van der Waals surface area (Å²) in [7, 11) is 3.14. The number of ether oxygens (including phenoxy) is 5. The van der Waals surface area contributed by atoms with Crippen LogP contribution in [0.5, 0.6) is 11.5 Å². The van der Waals surface area contributed by atoms with Crippen LogP contribution >= 0.6 is 0 Å². The molecule has 1 saturated heterocycles. The molecule has 4 aliphatic rings. The molecule has 8 nitrogen and oxygen atoms in total. The summed E-state index contributed by atoms with van der Waals surface area (Å²) < 4.78 is 27.5. The molecule has 0 saturated carbocycles. The molecule has 0 spiro atoms. The fourth-order valence-electron chi connectivity index (χ4n) is 5.24. The van der Waals surface area contributed by atoms with Crippen LogP contribution in [0.25, 0.3) is 0 Å². The highest BCUT2D eigenvalue weighted by Crippen LogP contribution is 2.55. The Kier molecular flexibility index (Phi) is 4.72. The largest absolute Gasteiger partial charge is 0.498 e. The van der Waals surface area contributed by atoms with Gasteiger partial charge < -0.3 is 33.9 Å². The van der Waals surface area contributed by atoms with Gasteiger partial charge in [0.25, 0.3) is 0 Å². The molecular weight excluding hydrogens is 392 g/mol. The van der Waals surface area contributed by atoms with E-state index >= 15 is 0 Å². The van der Waals surface area contributed by atoms with Gasteiger partial charge in [-0.05, 0) is 23.3 Å². The Morgan fingerprint density at radius 2 is 1.87 bits per heavy atom. The Morgan fingerprint density at radius 3 is 2.53 bits per heavy atom. The fraction of sp³-hybridized carbons (Fsp3) is 0.500. The highest BCUT2D eigenvalue weighted by molar-refractivity contribution is 5.78. The van der Waals surface area contributed by atoms with Crippen LogP contribution in [0.3, 0.4) is 0 Å². The lowest BCUT2D eigenvalue weighted by atomic mass is 9.64. The van der Waals surface area contributed by atoms with Crippen molar-refractivity contribution in [1.29, 1.82) is 0 Å². The summed E-state index contributed by atoms with van der Waals surface area (Å²) >= 11 is 0. The van der Waals surface area contributed by atoms with Gasteiger partial charge in [-0.3, -0.25) is 4.79 Å². The number of aliphatic hydroxyl groups excluding tert-OH is 2.